The van der Waals surface area contributed by atoms with Gasteiger partial charge in [0.05, 0.1) is 46.4 Å². The summed E-state index contributed by atoms with van der Waals surface area (Å²) in [6, 6.07) is 12.4. The molecule has 2 saturated heterocycles. The van der Waals surface area contributed by atoms with Crippen LogP contribution in [-0.2, 0) is 16.4 Å². The first-order chi connectivity index (χ1) is 13.3. The highest BCUT2D eigenvalue weighted by Crippen LogP contribution is 2.40. The molecule has 2 aliphatic rings. The van der Waals surface area contributed by atoms with E-state index < -0.39 is 9.84 Å². The van der Waals surface area contributed by atoms with Crippen LogP contribution in [0.25, 0.3) is 0 Å². The lowest BCUT2D eigenvalue weighted by molar-refractivity contribution is 0.350. The minimum absolute atomic E-state index is 0.0632. The third kappa shape index (κ3) is 3.45. The summed E-state index contributed by atoms with van der Waals surface area (Å²) >= 11 is 17.9. The van der Waals surface area contributed by atoms with Crippen LogP contribution in [0.1, 0.15) is 5.56 Å². The molecule has 0 amide bonds. The maximum Gasteiger partial charge on any atom is 0.177 e. The fraction of sp³-hybridized carbons (Fsp3) is 0.316. The Kier molecular flexibility index (Phi) is 5.20. The minimum atomic E-state index is -3.16. The fourth-order valence-corrected chi connectivity index (χ4v) is 6.61. The van der Waals surface area contributed by atoms with Crippen LogP contribution in [0.15, 0.2) is 42.5 Å². The van der Waals surface area contributed by atoms with Crippen molar-refractivity contribution in [2.24, 2.45) is 0 Å². The summed E-state index contributed by atoms with van der Waals surface area (Å²) < 4.78 is 30.3. The van der Waals surface area contributed by atoms with Gasteiger partial charge in [-0.3, -0.25) is 0 Å². The number of rotatable bonds is 4. The Hall–Kier alpha value is -1.54. The average molecular weight is 457 g/mol. The molecule has 0 N–H and O–H groups in total. The smallest absolute Gasteiger partial charge is 0.177 e. The van der Waals surface area contributed by atoms with Crippen molar-refractivity contribution in [2.75, 3.05) is 23.5 Å². The van der Waals surface area contributed by atoms with Gasteiger partial charge in [-0.25, -0.2) is 8.42 Å². The molecule has 2 heterocycles. The van der Waals surface area contributed by atoms with Crippen LogP contribution in [0.5, 0.6) is 5.75 Å². The van der Waals surface area contributed by atoms with E-state index in [1.54, 1.807) is 19.2 Å². The largest absolute Gasteiger partial charge is 0.495 e. The Morgan fingerprint density at radius 3 is 2.54 bits per heavy atom. The lowest BCUT2D eigenvalue weighted by Gasteiger charge is -2.27. The van der Waals surface area contributed by atoms with Crippen molar-refractivity contribution in [1.29, 1.82) is 0 Å². The molecule has 0 radical (unpaired) electrons. The Morgan fingerprint density at radius 2 is 1.82 bits per heavy atom. The van der Waals surface area contributed by atoms with Gasteiger partial charge in [0.15, 0.2) is 14.9 Å². The quantitative estimate of drug-likeness (QED) is 0.652. The molecule has 28 heavy (non-hydrogen) atoms. The summed E-state index contributed by atoms with van der Waals surface area (Å²) in [5.74, 6) is 0.794. The molecule has 2 atom stereocenters. The Morgan fingerprint density at radius 1 is 1.11 bits per heavy atom. The van der Waals surface area contributed by atoms with E-state index in [4.69, 9.17) is 40.2 Å². The van der Waals surface area contributed by atoms with Gasteiger partial charge in [-0.05, 0) is 42.0 Å². The molecule has 4 rings (SSSR count). The van der Waals surface area contributed by atoms with Crippen molar-refractivity contribution in [1.82, 2.24) is 4.90 Å². The number of thiocarbonyl (C=S) groups is 1. The van der Waals surface area contributed by atoms with Gasteiger partial charge in [-0.2, -0.15) is 0 Å². The third-order valence-electron chi connectivity index (χ3n) is 5.16. The second-order valence-corrected chi connectivity index (χ2v) is 10.2. The zero-order valence-corrected chi connectivity index (χ0v) is 18.2. The molecule has 0 aliphatic carbocycles. The van der Waals surface area contributed by atoms with E-state index in [2.05, 4.69) is 0 Å². The van der Waals surface area contributed by atoms with Crippen molar-refractivity contribution in [2.45, 2.75) is 18.6 Å². The normalized spacial score (nSPS) is 23.2. The Balaban J connectivity index is 1.73. The summed E-state index contributed by atoms with van der Waals surface area (Å²) in [6.07, 6.45) is 0. The van der Waals surface area contributed by atoms with E-state index in [1.807, 2.05) is 40.1 Å². The SMILES string of the molecule is COc1ccccc1N1C(=S)N(Cc2ccc(Cl)c(Cl)c2)[C@H]2CS(=O)(=O)C[C@@H]21. The van der Waals surface area contributed by atoms with Crippen LogP contribution in [0.4, 0.5) is 5.69 Å². The molecular formula is C19H18Cl2N2O3S2. The van der Waals surface area contributed by atoms with Crippen molar-refractivity contribution >= 4 is 56.1 Å². The van der Waals surface area contributed by atoms with Crippen LogP contribution in [-0.4, -0.2) is 49.1 Å². The summed E-state index contributed by atoms with van der Waals surface area (Å²) in [6.45, 7) is 0.456. The highest BCUT2D eigenvalue weighted by Gasteiger charge is 2.52. The summed E-state index contributed by atoms with van der Waals surface area (Å²) in [4.78, 5) is 3.89. The average Bonchev–Trinajstić information content (AvgIpc) is 3.09. The molecule has 2 aromatic carbocycles. The predicted octanol–water partition coefficient (Wildman–Crippen LogP) is 3.77. The number of sulfone groups is 1. The van der Waals surface area contributed by atoms with Crippen LogP contribution in [0.2, 0.25) is 10.0 Å². The zero-order chi connectivity index (χ0) is 20.1. The molecular weight excluding hydrogens is 439 g/mol. The van der Waals surface area contributed by atoms with E-state index in [-0.39, 0.29) is 23.6 Å². The summed E-state index contributed by atoms with van der Waals surface area (Å²) in [5.41, 5.74) is 1.69. The van der Waals surface area contributed by atoms with Crippen molar-refractivity contribution < 1.29 is 13.2 Å². The highest BCUT2D eigenvalue weighted by atomic mass is 35.5. The second-order valence-electron chi connectivity index (χ2n) is 6.91. The molecule has 2 fully saturated rings. The van der Waals surface area contributed by atoms with Gasteiger partial charge in [0.2, 0.25) is 0 Å². The topological polar surface area (TPSA) is 49.9 Å². The lowest BCUT2D eigenvalue weighted by Crippen LogP contribution is -2.37. The highest BCUT2D eigenvalue weighted by molar-refractivity contribution is 7.91. The van der Waals surface area contributed by atoms with E-state index in [9.17, 15) is 8.42 Å². The molecule has 2 aliphatic heterocycles. The van der Waals surface area contributed by atoms with Crippen molar-refractivity contribution in [3.63, 3.8) is 0 Å². The van der Waals surface area contributed by atoms with Crippen LogP contribution >= 0.6 is 35.4 Å². The van der Waals surface area contributed by atoms with E-state index in [0.29, 0.717) is 27.5 Å². The summed E-state index contributed by atoms with van der Waals surface area (Å²) in [7, 11) is -1.57. The van der Waals surface area contributed by atoms with E-state index in [0.717, 1.165) is 11.3 Å². The van der Waals surface area contributed by atoms with Gasteiger partial charge in [0.25, 0.3) is 0 Å². The molecule has 5 nitrogen and oxygen atoms in total. The van der Waals surface area contributed by atoms with Crippen molar-refractivity contribution in [3.8, 4) is 5.75 Å². The van der Waals surface area contributed by atoms with Gasteiger partial charge < -0.3 is 14.5 Å². The fourth-order valence-electron chi connectivity index (χ4n) is 3.91. The molecule has 9 heteroatoms. The number of halogens is 2. The lowest BCUT2D eigenvalue weighted by atomic mass is 10.1. The number of para-hydroxylation sites is 2. The van der Waals surface area contributed by atoms with Crippen LogP contribution < -0.4 is 9.64 Å². The third-order valence-corrected chi connectivity index (χ3v) is 8.03. The number of hydrogen-bond acceptors (Lipinski definition) is 4. The number of hydrogen-bond donors (Lipinski definition) is 0. The van der Waals surface area contributed by atoms with Crippen LogP contribution in [0, 0.1) is 0 Å². The van der Waals surface area contributed by atoms with Crippen molar-refractivity contribution in [3.05, 3.63) is 58.1 Å². The maximum absolute atomic E-state index is 12.4. The predicted molar refractivity (Wildman–Crippen MR) is 116 cm³/mol. The number of fused-ring (bicyclic) bond motifs is 1. The Labute approximate surface area is 179 Å². The van der Waals surface area contributed by atoms with E-state index >= 15 is 0 Å². The van der Waals surface area contributed by atoms with Crippen LogP contribution in [0.3, 0.4) is 0 Å². The molecule has 0 bridgehead atoms. The van der Waals surface area contributed by atoms with E-state index in [1.165, 1.54) is 0 Å². The first-order valence-electron chi connectivity index (χ1n) is 8.68. The van der Waals surface area contributed by atoms with Gasteiger partial charge >= 0.3 is 0 Å². The molecule has 0 spiro atoms. The second kappa shape index (κ2) is 7.37. The number of benzene rings is 2. The van der Waals surface area contributed by atoms with Gasteiger partial charge in [-0.1, -0.05) is 41.4 Å². The van der Waals surface area contributed by atoms with Gasteiger partial charge in [-0.15, -0.1) is 0 Å². The minimum Gasteiger partial charge on any atom is -0.495 e. The molecule has 2 aromatic rings. The van der Waals surface area contributed by atoms with Gasteiger partial charge in [0, 0.05) is 6.54 Å². The molecule has 0 unspecified atom stereocenters. The summed E-state index contributed by atoms with van der Waals surface area (Å²) in [5, 5.41) is 1.52. The first-order valence-corrected chi connectivity index (χ1v) is 11.7. The Bertz CT molecular complexity index is 1050. The molecule has 0 aromatic heterocycles. The molecule has 148 valence electrons. The first kappa shape index (κ1) is 19.8. The number of anilines is 1. The zero-order valence-electron chi connectivity index (χ0n) is 15.0. The standard InChI is InChI=1S/C19H18Cl2N2O3S2/c1-26-18-5-3-2-4-15(18)23-17-11-28(24,25)10-16(17)22(19(23)27)9-12-6-7-13(20)14(21)8-12/h2-8,16-17H,9-11H2,1H3/t16-,17-/m0/s1. The maximum atomic E-state index is 12.4. The number of methoxy groups -OCH3 is 1. The monoisotopic (exact) mass is 456 g/mol. The number of nitrogens with zero attached hydrogens (tertiary/aromatic N) is 2. The van der Waals surface area contributed by atoms with Gasteiger partial charge in [0.1, 0.15) is 5.75 Å². The molecule has 0 saturated carbocycles. The number of ether oxygens (including phenoxy) is 1.